The Balaban J connectivity index is 2.09. The van der Waals surface area contributed by atoms with Crippen molar-refractivity contribution in [2.75, 3.05) is 11.9 Å². The average molecular weight is 551 g/mol. The normalized spacial score (nSPS) is 23.1. The minimum Gasteiger partial charge on any atom is -0.479 e. The predicted molar refractivity (Wildman–Crippen MR) is 134 cm³/mol. The number of carboxylic acids is 1. The third-order valence-corrected chi connectivity index (χ3v) is 6.01. The van der Waals surface area contributed by atoms with Gasteiger partial charge in [0.2, 0.25) is 12.2 Å². The Hall–Kier alpha value is -3.73. The van der Waals surface area contributed by atoms with E-state index in [0.717, 1.165) is 12.8 Å². The van der Waals surface area contributed by atoms with Gasteiger partial charge >= 0.3 is 5.97 Å². The van der Waals surface area contributed by atoms with Crippen molar-refractivity contribution >= 4 is 23.3 Å². The van der Waals surface area contributed by atoms with E-state index in [9.17, 15) is 34.1 Å². The zero-order valence-electron chi connectivity index (χ0n) is 21.0. The molecule has 2 rings (SSSR count). The Kier molecular flexibility index (Phi) is 12.6. The van der Waals surface area contributed by atoms with Gasteiger partial charge in [-0.05, 0) is 36.6 Å². The molecule has 1 unspecified atom stereocenters. The van der Waals surface area contributed by atoms with Crippen LogP contribution in [0.25, 0.3) is 10.4 Å². The maximum Gasteiger partial charge on any atom is 0.335 e. The summed E-state index contributed by atoms with van der Waals surface area (Å²) in [5.41, 5.74) is 8.66. The molecule has 0 bridgehead atoms. The lowest BCUT2D eigenvalue weighted by Crippen LogP contribution is -2.61. The van der Waals surface area contributed by atoms with Gasteiger partial charge in [0.05, 0.1) is 5.92 Å². The molecule has 1 aliphatic rings. The number of nitrogens with zero attached hydrogens (tertiary/aromatic N) is 3. The molecule has 212 valence electrons. The van der Waals surface area contributed by atoms with E-state index in [0.29, 0.717) is 12.8 Å². The second-order valence-electron chi connectivity index (χ2n) is 8.92. The largest absolute Gasteiger partial charge is 0.479 e. The SMILES string of the molecule is C#CCCCCCC(=O)CC(CN=[N+]=[N-])C(=O)Nc1ccc(O[C@H]2O[C@@H](C(=O)O)[C@H](O)[C@@H](O)[C@@H]2O)c(CF)c1. The minimum atomic E-state index is -1.92. The number of benzene rings is 1. The molecule has 1 heterocycles. The molecule has 1 aliphatic heterocycles. The molecule has 1 aromatic rings. The van der Waals surface area contributed by atoms with Gasteiger partial charge in [0, 0.05) is 42.0 Å². The molecule has 0 radical (unpaired) electrons. The lowest BCUT2D eigenvalue weighted by Gasteiger charge is -2.38. The van der Waals surface area contributed by atoms with Crippen molar-refractivity contribution < 1.29 is 48.7 Å². The number of nitrogens with one attached hydrogen (secondary N) is 1. The molecule has 13 nitrogen and oxygen atoms in total. The number of hydrogen-bond acceptors (Lipinski definition) is 9. The number of amides is 1. The van der Waals surface area contributed by atoms with Gasteiger partial charge in [0.15, 0.2) is 6.10 Å². The van der Waals surface area contributed by atoms with Crippen LogP contribution >= 0.6 is 0 Å². The van der Waals surface area contributed by atoms with E-state index in [1.807, 2.05) is 0 Å². The highest BCUT2D eigenvalue weighted by atomic mass is 19.1. The predicted octanol–water partition coefficient (Wildman–Crippen LogP) is 1.83. The molecule has 14 heteroatoms. The summed E-state index contributed by atoms with van der Waals surface area (Å²) in [7, 11) is 0. The number of unbranched alkanes of at least 4 members (excludes halogenated alkanes) is 3. The summed E-state index contributed by atoms with van der Waals surface area (Å²) in [6, 6.07) is 3.75. The molecule has 1 fully saturated rings. The highest BCUT2D eigenvalue weighted by molar-refractivity contribution is 5.95. The maximum absolute atomic E-state index is 13.8. The number of aliphatic carboxylic acids is 1. The number of ether oxygens (including phenoxy) is 2. The van der Waals surface area contributed by atoms with E-state index >= 15 is 0 Å². The number of azide groups is 1. The number of carbonyl (C=O) groups excluding carboxylic acids is 2. The quantitative estimate of drug-likeness (QED) is 0.0707. The van der Waals surface area contributed by atoms with Gasteiger partial charge in [-0.2, -0.15) is 0 Å². The van der Waals surface area contributed by atoms with Crippen LogP contribution in [0, 0.1) is 18.3 Å². The highest BCUT2D eigenvalue weighted by Gasteiger charge is 2.48. The summed E-state index contributed by atoms with van der Waals surface area (Å²) < 4.78 is 24.2. The fraction of sp³-hybridized carbons (Fsp3) is 0.560. The second kappa shape index (κ2) is 15.6. The Bertz CT molecular complexity index is 1110. The van der Waals surface area contributed by atoms with Crippen molar-refractivity contribution in [3.63, 3.8) is 0 Å². The van der Waals surface area contributed by atoms with Crippen LogP contribution in [0.15, 0.2) is 23.3 Å². The van der Waals surface area contributed by atoms with E-state index in [4.69, 9.17) is 26.5 Å². The van der Waals surface area contributed by atoms with Crippen LogP contribution in [0.5, 0.6) is 5.75 Å². The fourth-order valence-corrected chi connectivity index (χ4v) is 3.87. The molecule has 0 spiro atoms. The first-order chi connectivity index (χ1) is 18.6. The number of ketones is 1. The number of aliphatic hydroxyl groups excluding tert-OH is 3. The highest BCUT2D eigenvalue weighted by Crippen LogP contribution is 2.29. The summed E-state index contributed by atoms with van der Waals surface area (Å²) in [5, 5.41) is 45.0. The molecule has 1 aromatic carbocycles. The number of hydrogen-bond donors (Lipinski definition) is 5. The number of alkyl halides is 1. The second-order valence-corrected chi connectivity index (χ2v) is 8.92. The number of carboxylic acid groups (broad SMARTS) is 1. The summed E-state index contributed by atoms with van der Waals surface area (Å²) in [4.78, 5) is 39.1. The van der Waals surface area contributed by atoms with Crippen molar-refractivity contribution in [3.8, 4) is 18.1 Å². The van der Waals surface area contributed by atoms with Crippen LogP contribution in [0.1, 0.15) is 44.1 Å². The zero-order valence-corrected chi connectivity index (χ0v) is 21.0. The van der Waals surface area contributed by atoms with Crippen molar-refractivity contribution in [2.45, 2.75) is 75.9 Å². The summed E-state index contributed by atoms with van der Waals surface area (Å²) in [5.74, 6) is -1.05. The Labute approximate surface area is 223 Å². The molecule has 39 heavy (non-hydrogen) atoms. The van der Waals surface area contributed by atoms with E-state index in [1.54, 1.807) is 0 Å². The third kappa shape index (κ3) is 9.20. The van der Waals surface area contributed by atoms with Crippen LogP contribution in [0.3, 0.4) is 0 Å². The first kappa shape index (κ1) is 31.5. The van der Waals surface area contributed by atoms with Gasteiger partial charge in [0.1, 0.15) is 36.5 Å². The first-order valence-electron chi connectivity index (χ1n) is 12.2. The van der Waals surface area contributed by atoms with Gasteiger partial charge in [0.25, 0.3) is 0 Å². The summed E-state index contributed by atoms with van der Waals surface area (Å²) in [6.45, 7) is -1.37. The van der Waals surface area contributed by atoms with Crippen molar-refractivity contribution in [2.24, 2.45) is 11.0 Å². The van der Waals surface area contributed by atoms with E-state index in [1.165, 1.54) is 18.2 Å². The maximum atomic E-state index is 13.8. The van der Waals surface area contributed by atoms with Crippen molar-refractivity contribution in [1.29, 1.82) is 0 Å². The molecule has 1 amide bonds. The van der Waals surface area contributed by atoms with Crippen molar-refractivity contribution in [3.05, 3.63) is 34.2 Å². The van der Waals surface area contributed by atoms with Crippen molar-refractivity contribution in [1.82, 2.24) is 0 Å². The Morgan fingerprint density at radius 1 is 1.21 bits per heavy atom. The molecule has 1 saturated heterocycles. The van der Waals surface area contributed by atoms with E-state index < -0.39 is 55.2 Å². The third-order valence-electron chi connectivity index (χ3n) is 6.01. The summed E-state index contributed by atoms with van der Waals surface area (Å²) >= 11 is 0. The van der Waals surface area contributed by atoms with Gasteiger partial charge in [-0.15, -0.1) is 12.3 Å². The van der Waals surface area contributed by atoms with Gasteiger partial charge in [-0.25, -0.2) is 9.18 Å². The monoisotopic (exact) mass is 550 g/mol. The van der Waals surface area contributed by atoms with Gasteiger partial charge in [-0.3, -0.25) is 9.59 Å². The van der Waals surface area contributed by atoms with Crippen LogP contribution in [0.2, 0.25) is 0 Å². The molecule has 0 saturated carbocycles. The molecule has 0 aliphatic carbocycles. The Morgan fingerprint density at radius 2 is 1.95 bits per heavy atom. The molecule has 6 atom stereocenters. The topological polar surface area (TPSA) is 211 Å². The van der Waals surface area contributed by atoms with Crippen LogP contribution in [-0.4, -0.2) is 75.3 Å². The molecule has 0 aromatic heterocycles. The fourth-order valence-electron chi connectivity index (χ4n) is 3.87. The number of halogens is 1. The number of Topliss-reactive ketones (excluding diaryl/α,β-unsaturated/α-hetero) is 1. The summed E-state index contributed by atoms with van der Waals surface area (Å²) in [6.07, 6.45) is -1.27. The number of anilines is 1. The smallest absolute Gasteiger partial charge is 0.335 e. The van der Waals surface area contributed by atoms with Crippen LogP contribution in [-0.2, 0) is 25.8 Å². The minimum absolute atomic E-state index is 0.120. The van der Waals surface area contributed by atoms with E-state index in [-0.39, 0.29) is 42.2 Å². The zero-order chi connectivity index (χ0) is 28.9. The molecular formula is C25H31FN4O9. The first-order valence-corrected chi connectivity index (χ1v) is 12.2. The lowest BCUT2D eigenvalue weighted by atomic mass is 9.98. The number of rotatable bonds is 15. The van der Waals surface area contributed by atoms with Crippen LogP contribution in [0.4, 0.5) is 10.1 Å². The molecular weight excluding hydrogens is 519 g/mol. The number of terminal acetylenes is 1. The number of carbonyl (C=O) groups is 3. The molecule has 5 N–H and O–H groups in total. The number of aliphatic hydroxyl groups is 3. The van der Waals surface area contributed by atoms with Crippen LogP contribution < -0.4 is 10.1 Å². The Morgan fingerprint density at radius 3 is 2.59 bits per heavy atom. The van der Waals surface area contributed by atoms with E-state index in [2.05, 4.69) is 21.3 Å². The lowest BCUT2D eigenvalue weighted by molar-refractivity contribution is -0.271. The van der Waals surface area contributed by atoms with Gasteiger partial charge in [-0.1, -0.05) is 11.5 Å². The standard InChI is InChI=1S/C25H31FN4O9/c1-2-3-4-5-6-7-17(31)11-15(13-28-30-27)23(35)29-16-8-9-18(14(10-16)12-26)38-25-21(34)19(32)20(33)22(39-25)24(36)37/h1,8-10,15,19-22,25,32-34H,3-7,11-13H2,(H,29,35)(H,36,37)/t15?,19-,20-,21+,22-,25+/m1/s1. The van der Waals surface area contributed by atoms with Gasteiger partial charge < -0.3 is 35.2 Å². The average Bonchev–Trinajstić information content (AvgIpc) is 2.91.